The first-order valence-electron chi connectivity index (χ1n) is 3.16. The summed E-state index contributed by atoms with van der Waals surface area (Å²) in [5.74, 6) is 0. The minimum atomic E-state index is -0.392. The van der Waals surface area contributed by atoms with Gasteiger partial charge in [-0.2, -0.15) is 11.3 Å². The maximum Gasteiger partial charge on any atom is 0.407 e. The van der Waals surface area contributed by atoms with E-state index in [4.69, 9.17) is 0 Å². The van der Waals surface area contributed by atoms with Crippen molar-refractivity contribution in [1.29, 1.82) is 0 Å². The standard InChI is InChI=1S/C7H9NO2S/c1-10-7(9)8-4-6-2-3-11-5-6/h2-3,5H,4H2,1H3,(H,8,9). The van der Waals surface area contributed by atoms with E-state index in [2.05, 4.69) is 10.1 Å². The Kier molecular flexibility index (Phi) is 2.92. The van der Waals surface area contributed by atoms with Crippen molar-refractivity contribution in [3.63, 3.8) is 0 Å². The molecule has 11 heavy (non-hydrogen) atoms. The van der Waals surface area contributed by atoms with Gasteiger partial charge in [0.15, 0.2) is 0 Å². The average Bonchev–Trinajstić information content (AvgIpc) is 2.52. The number of rotatable bonds is 2. The normalized spacial score (nSPS) is 9.18. The van der Waals surface area contributed by atoms with Crippen LogP contribution in [0.4, 0.5) is 4.79 Å². The zero-order valence-corrected chi connectivity index (χ0v) is 6.98. The third-order valence-electron chi connectivity index (χ3n) is 1.20. The van der Waals surface area contributed by atoms with Crippen LogP contribution in [0.2, 0.25) is 0 Å². The smallest absolute Gasteiger partial charge is 0.407 e. The van der Waals surface area contributed by atoms with Gasteiger partial charge in [-0.15, -0.1) is 0 Å². The number of nitrogens with one attached hydrogen (secondary N) is 1. The Balaban J connectivity index is 2.29. The van der Waals surface area contributed by atoms with E-state index in [1.165, 1.54) is 7.11 Å². The molecule has 1 aromatic heterocycles. The molecule has 0 aromatic carbocycles. The molecule has 0 fully saturated rings. The van der Waals surface area contributed by atoms with Gasteiger partial charge in [0.2, 0.25) is 0 Å². The van der Waals surface area contributed by atoms with Crippen LogP contribution in [-0.2, 0) is 11.3 Å². The minimum Gasteiger partial charge on any atom is -0.453 e. The third-order valence-corrected chi connectivity index (χ3v) is 1.93. The van der Waals surface area contributed by atoms with Crippen molar-refractivity contribution >= 4 is 17.4 Å². The van der Waals surface area contributed by atoms with Crippen molar-refractivity contribution in [2.75, 3.05) is 7.11 Å². The number of ether oxygens (including phenoxy) is 1. The molecule has 0 aliphatic rings. The Morgan fingerprint density at radius 3 is 3.18 bits per heavy atom. The number of thiophene rings is 1. The summed E-state index contributed by atoms with van der Waals surface area (Å²) < 4.78 is 4.40. The minimum absolute atomic E-state index is 0.392. The quantitative estimate of drug-likeness (QED) is 0.734. The maximum atomic E-state index is 10.6. The highest BCUT2D eigenvalue weighted by molar-refractivity contribution is 7.07. The fraction of sp³-hybridized carbons (Fsp3) is 0.286. The molecule has 1 heterocycles. The van der Waals surface area contributed by atoms with Crippen molar-refractivity contribution < 1.29 is 9.53 Å². The molecule has 0 saturated carbocycles. The lowest BCUT2D eigenvalue weighted by atomic mass is 10.3. The van der Waals surface area contributed by atoms with Gasteiger partial charge < -0.3 is 10.1 Å². The van der Waals surface area contributed by atoms with Gasteiger partial charge in [0, 0.05) is 6.54 Å². The van der Waals surface area contributed by atoms with Gasteiger partial charge >= 0.3 is 6.09 Å². The van der Waals surface area contributed by atoms with Crippen molar-refractivity contribution in [2.24, 2.45) is 0 Å². The summed E-state index contributed by atoms with van der Waals surface area (Å²) in [6.45, 7) is 0.538. The lowest BCUT2D eigenvalue weighted by Crippen LogP contribution is -2.21. The molecule has 1 rings (SSSR count). The van der Waals surface area contributed by atoms with E-state index in [1.54, 1.807) is 11.3 Å². The molecule has 3 nitrogen and oxygen atoms in total. The second-order valence-electron chi connectivity index (χ2n) is 1.98. The number of hydrogen-bond donors (Lipinski definition) is 1. The highest BCUT2D eigenvalue weighted by Gasteiger charge is 1.97. The molecule has 0 aliphatic carbocycles. The van der Waals surface area contributed by atoms with Gasteiger partial charge in [0.25, 0.3) is 0 Å². The van der Waals surface area contributed by atoms with Gasteiger partial charge in [-0.1, -0.05) is 0 Å². The maximum absolute atomic E-state index is 10.6. The van der Waals surface area contributed by atoms with Crippen LogP contribution in [0.15, 0.2) is 16.8 Å². The van der Waals surface area contributed by atoms with E-state index in [0.717, 1.165) is 5.56 Å². The molecule has 0 radical (unpaired) electrons. The highest BCUT2D eigenvalue weighted by Crippen LogP contribution is 2.04. The Morgan fingerprint density at radius 1 is 1.82 bits per heavy atom. The van der Waals surface area contributed by atoms with Crippen molar-refractivity contribution in [3.8, 4) is 0 Å². The second-order valence-corrected chi connectivity index (χ2v) is 2.76. The van der Waals surface area contributed by atoms with Crippen LogP contribution in [0.25, 0.3) is 0 Å². The first-order valence-corrected chi connectivity index (χ1v) is 4.10. The molecule has 0 saturated heterocycles. The molecule has 4 heteroatoms. The summed E-state index contributed by atoms with van der Waals surface area (Å²) in [5, 5.41) is 6.53. The molecule has 0 atom stereocenters. The Hall–Kier alpha value is -1.03. The number of methoxy groups -OCH3 is 1. The van der Waals surface area contributed by atoms with E-state index in [9.17, 15) is 4.79 Å². The average molecular weight is 171 g/mol. The number of carbonyl (C=O) groups excluding carboxylic acids is 1. The molecule has 0 spiro atoms. The summed E-state index contributed by atoms with van der Waals surface area (Å²) >= 11 is 1.61. The molecule has 0 unspecified atom stereocenters. The zero-order chi connectivity index (χ0) is 8.10. The van der Waals surface area contributed by atoms with Crippen LogP contribution in [-0.4, -0.2) is 13.2 Å². The SMILES string of the molecule is COC(=O)NCc1ccsc1. The topological polar surface area (TPSA) is 38.3 Å². The molecule has 0 aliphatic heterocycles. The number of amides is 1. The molecule has 1 N–H and O–H groups in total. The van der Waals surface area contributed by atoms with Gasteiger partial charge in [-0.25, -0.2) is 4.79 Å². The lowest BCUT2D eigenvalue weighted by molar-refractivity contribution is 0.170. The van der Waals surface area contributed by atoms with Gasteiger partial charge in [-0.3, -0.25) is 0 Å². The molecular weight excluding hydrogens is 162 g/mol. The number of carbonyl (C=O) groups is 1. The first kappa shape index (κ1) is 8.07. The van der Waals surface area contributed by atoms with E-state index >= 15 is 0 Å². The highest BCUT2D eigenvalue weighted by atomic mass is 32.1. The number of alkyl carbamates (subject to hydrolysis) is 1. The van der Waals surface area contributed by atoms with Crippen LogP contribution in [0.3, 0.4) is 0 Å². The monoisotopic (exact) mass is 171 g/mol. The predicted molar refractivity (Wildman–Crippen MR) is 43.6 cm³/mol. The Bertz CT molecular complexity index is 220. The Labute approximate surface area is 69.0 Å². The zero-order valence-electron chi connectivity index (χ0n) is 6.16. The van der Waals surface area contributed by atoms with E-state index in [0.29, 0.717) is 6.54 Å². The fourth-order valence-corrected chi connectivity index (χ4v) is 1.31. The largest absolute Gasteiger partial charge is 0.453 e. The molecule has 0 bridgehead atoms. The van der Waals surface area contributed by atoms with Crippen molar-refractivity contribution in [1.82, 2.24) is 5.32 Å². The lowest BCUT2D eigenvalue weighted by Gasteiger charge is -1.99. The van der Waals surface area contributed by atoms with E-state index in [1.807, 2.05) is 16.8 Å². The van der Waals surface area contributed by atoms with Crippen LogP contribution in [0.5, 0.6) is 0 Å². The summed E-state index contributed by atoms with van der Waals surface area (Å²) in [7, 11) is 1.35. The predicted octanol–water partition coefficient (Wildman–Crippen LogP) is 1.60. The van der Waals surface area contributed by atoms with E-state index in [-0.39, 0.29) is 0 Å². The van der Waals surface area contributed by atoms with Crippen LogP contribution in [0.1, 0.15) is 5.56 Å². The molecule has 1 aromatic rings. The molecule has 1 amide bonds. The summed E-state index contributed by atoms with van der Waals surface area (Å²) in [5.41, 5.74) is 1.10. The first-order chi connectivity index (χ1) is 5.33. The van der Waals surface area contributed by atoms with Crippen LogP contribution < -0.4 is 5.32 Å². The van der Waals surface area contributed by atoms with Crippen LogP contribution in [0, 0.1) is 0 Å². The fourth-order valence-electron chi connectivity index (χ4n) is 0.640. The summed E-state index contributed by atoms with van der Waals surface area (Å²) in [4.78, 5) is 10.6. The van der Waals surface area contributed by atoms with E-state index < -0.39 is 6.09 Å². The third kappa shape index (κ3) is 2.59. The van der Waals surface area contributed by atoms with Gasteiger partial charge in [-0.05, 0) is 22.4 Å². The summed E-state index contributed by atoms with van der Waals surface area (Å²) in [6.07, 6.45) is -0.392. The Morgan fingerprint density at radius 2 is 2.64 bits per heavy atom. The van der Waals surface area contributed by atoms with Crippen LogP contribution >= 0.6 is 11.3 Å². The van der Waals surface area contributed by atoms with Crippen molar-refractivity contribution in [2.45, 2.75) is 6.54 Å². The number of hydrogen-bond acceptors (Lipinski definition) is 3. The van der Waals surface area contributed by atoms with Gasteiger partial charge in [0.05, 0.1) is 7.11 Å². The van der Waals surface area contributed by atoms with Crippen molar-refractivity contribution in [3.05, 3.63) is 22.4 Å². The molecular formula is C7H9NO2S. The molecule has 60 valence electrons. The van der Waals surface area contributed by atoms with Gasteiger partial charge in [0.1, 0.15) is 0 Å². The second kappa shape index (κ2) is 3.98. The summed E-state index contributed by atoms with van der Waals surface area (Å²) in [6, 6.07) is 1.96.